The first-order valence-electron chi connectivity index (χ1n) is 7.70. The number of anilines is 4. The van der Waals surface area contributed by atoms with Crippen LogP contribution in [0.25, 0.3) is 0 Å². The van der Waals surface area contributed by atoms with Gasteiger partial charge in [0.25, 0.3) is 0 Å². The summed E-state index contributed by atoms with van der Waals surface area (Å²) in [4.78, 5) is 11.1. The molecule has 0 saturated heterocycles. The molecule has 0 fully saturated rings. The first-order chi connectivity index (χ1) is 11.5. The average molecular weight is 339 g/mol. The van der Waals surface area contributed by atoms with E-state index < -0.39 is 0 Å². The molecule has 0 aliphatic heterocycles. The first-order valence-corrected chi connectivity index (χ1v) is 8.08. The highest BCUT2D eigenvalue weighted by molar-refractivity contribution is 6.30. The van der Waals surface area contributed by atoms with E-state index in [1.165, 1.54) is 0 Å². The Morgan fingerprint density at radius 3 is 2.42 bits per heavy atom. The molecule has 2 aromatic carbocycles. The molecule has 1 heterocycles. The molecule has 4 nitrogen and oxygen atoms in total. The standard InChI is InChI=1S/C19H19ClN4/c1-13-11-15(20)9-10-17(13)23-18-12-19(22-14(2)21-18)24(3)16-7-5-4-6-8-16/h4-12H,1-3H3,(H,21,22,23). The van der Waals surface area contributed by atoms with E-state index in [0.29, 0.717) is 5.82 Å². The van der Waals surface area contributed by atoms with Gasteiger partial charge >= 0.3 is 0 Å². The molecule has 0 aliphatic rings. The van der Waals surface area contributed by atoms with Crippen LogP contribution in [0.4, 0.5) is 23.0 Å². The smallest absolute Gasteiger partial charge is 0.138 e. The molecule has 0 unspecified atom stereocenters. The van der Waals surface area contributed by atoms with Gasteiger partial charge in [0.1, 0.15) is 17.5 Å². The summed E-state index contributed by atoms with van der Waals surface area (Å²) in [7, 11) is 1.99. The summed E-state index contributed by atoms with van der Waals surface area (Å²) in [5, 5.41) is 4.07. The van der Waals surface area contributed by atoms with Crippen LogP contribution in [-0.4, -0.2) is 17.0 Å². The molecule has 0 radical (unpaired) electrons. The van der Waals surface area contributed by atoms with Crippen LogP contribution in [0.15, 0.2) is 54.6 Å². The number of aromatic nitrogens is 2. The Labute approximate surface area is 147 Å². The summed E-state index contributed by atoms with van der Waals surface area (Å²) in [5.41, 5.74) is 3.12. The fourth-order valence-electron chi connectivity index (χ4n) is 2.48. The van der Waals surface area contributed by atoms with Crippen LogP contribution in [0.3, 0.4) is 0 Å². The highest BCUT2D eigenvalue weighted by atomic mass is 35.5. The quantitative estimate of drug-likeness (QED) is 0.704. The van der Waals surface area contributed by atoms with Crippen LogP contribution in [-0.2, 0) is 0 Å². The van der Waals surface area contributed by atoms with E-state index in [1.807, 2.05) is 80.4 Å². The Kier molecular flexibility index (Phi) is 4.67. The number of hydrogen-bond acceptors (Lipinski definition) is 4. The third-order valence-electron chi connectivity index (χ3n) is 3.76. The van der Waals surface area contributed by atoms with Crippen LogP contribution in [0, 0.1) is 13.8 Å². The number of nitrogens with zero attached hydrogens (tertiary/aromatic N) is 3. The number of nitrogens with one attached hydrogen (secondary N) is 1. The number of hydrogen-bond donors (Lipinski definition) is 1. The predicted octanol–water partition coefficient (Wildman–Crippen LogP) is 5.26. The minimum absolute atomic E-state index is 0.712. The van der Waals surface area contributed by atoms with E-state index in [1.54, 1.807) is 0 Å². The third-order valence-corrected chi connectivity index (χ3v) is 4.00. The minimum atomic E-state index is 0.712. The van der Waals surface area contributed by atoms with Crippen molar-refractivity contribution >= 4 is 34.6 Å². The Balaban J connectivity index is 1.91. The van der Waals surface area contributed by atoms with Crippen LogP contribution < -0.4 is 10.2 Å². The van der Waals surface area contributed by atoms with Gasteiger partial charge < -0.3 is 10.2 Å². The van der Waals surface area contributed by atoms with Gasteiger partial charge in [-0.3, -0.25) is 0 Å². The molecule has 0 atom stereocenters. The lowest BCUT2D eigenvalue weighted by Gasteiger charge is -2.19. The molecule has 0 aliphatic carbocycles. The van der Waals surface area contributed by atoms with Crippen molar-refractivity contribution in [2.75, 3.05) is 17.3 Å². The zero-order chi connectivity index (χ0) is 17.1. The SMILES string of the molecule is Cc1nc(Nc2ccc(Cl)cc2C)cc(N(C)c2ccccc2)n1. The second-order valence-electron chi connectivity index (χ2n) is 5.64. The molecular formula is C19H19ClN4. The second-order valence-corrected chi connectivity index (χ2v) is 6.07. The summed E-state index contributed by atoms with van der Waals surface area (Å²) in [5.74, 6) is 2.30. The number of halogens is 1. The Hall–Kier alpha value is -2.59. The summed E-state index contributed by atoms with van der Waals surface area (Å²) >= 11 is 6.02. The summed E-state index contributed by atoms with van der Waals surface area (Å²) in [6, 6.07) is 17.8. The van der Waals surface area contributed by atoms with E-state index in [2.05, 4.69) is 15.3 Å². The first kappa shape index (κ1) is 16.3. The highest BCUT2D eigenvalue weighted by Crippen LogP contribution is 2.26. The van der Waals surface area contributed by atoms with E-state index in [9.17, 15) is 0 Å². The molecular weight excluding hydrogens is 320 g/mol. The summed E-state index contributed by atoms with van der Waals surface area (Å²) in [6.07, 6.45) is 0. The Bertz CT molecular complexity index is 849. The third kappa shape index (κ3) is 3.66. The van der Waals surface area contributed by atoms with Gasteiger partial charge in [-0.25, -0.2) is 9.97 Å². The van der Waals surface area contributed by atoms with Crippen molar-refractivity contribution < 1.29 is 0 Å². The number of rotatable bonds is 4. The van der Waals surface area contributed by atoms with Gasteiger partial charge in [0.05, 0.1) is 0 Å². The maximum atomic E-state index is 6.02. The van der Waals surface area contributed by atoms with Gasteiger partial charge in [0, 0.05) is 29.5 Å². The molecule has 0 spiro atoms. The van der Waals surface area contributed by atoms with Crippen LogP contribution >= 0.6 is 11.6 Å². The maximum absolute atomic E-state index is 6.02. The van der Waals surface area contributed by atoms with Crippen molar-refractivity contribution in [2.24, 2.45) is 0 Å². The van der Waals surface area contributed by atoms with E-state index in [4.69, 9.17) is 11.6 Å². The zero-order valence-electron chi connectivity index (χ0n) is 13.9. The summed E-state index contributed by atoms with van der Waals surface area (Å²) < 4.78 is 0. The Morgan fingerprint density at radius 2 is 1.71 bits per heavy atom. The molecule has 3 rings (SSSR count). The number of benzene rings is 2. The lowest BCUT2D eigenvalue weighted by molar-refractivity contribution is 1.02. The molecule has 24 heavy (non-hydrogen) atoms. The van der Waals surface area contributed by atoms with E-state index >= 15 is 0 Å². The van der Waals surface area contributed by atoms with Gasteiger partial charge in [-0.15, -0.1) is 0 Å². The molecule has 122 valence electrons. The predicted molar refractivity (Wildman–Crippen MR) is 101 cm³/mol. The molecule has 1 aromatic heterocycles. The largest absolute Gasteiger partial charge is 0.340 e. The van der Waals surface area contributed by atoms with Crippen LogP contribution in [0.1, 0.15) is 11.4 Å². The molecule has 1 N–H and O–H groups in total. The van der Waals surface area contributed by atoms with Gasteiger partial charge in [-0.2, -0.15) is 0 Å². The fraction of sp³-hybridized carbons (Fsp3) is 0.158. The van der Waals surface area contributed by atoms with Gasteiger partial charge in [-0.1, -0.05) is 29.8 Å². The topological polar surface area (TPSA) is 41.1 Å². The van der Waals surface area contributed by atoms with Crippen molar-refractivity contribution in [1.29, 1.82) is 0 Å². The van der Waals surface area contributed by atoms with Crippen LogP contribution in [0.5, 0.6) is 0 Å². The lowest BCUT2D eigenvalue weighted by atomic mass is 10.2. The molecule has 0 bridgehead atoms. The van der Waals surface area contributed by atoms with E-state index in [0.717, 1.165) is 33.6 Å². The zero-order valence-corrected chi connectivity index (χ0v) is 14.7. The van der Waals surface area contributed by atoms with Crippen LogP contribution in [0.2, 0.25) is 5.02 Å². The molecule has 0 saturated carbocycles. The fourth-order valence-corrected chi connectivity index (χ4v) is 2.70. The molecule has 5 heteroatoms. The van der Waals surface area contributed by atoms with Crippen molar-refractivity contribution in [2.45, 2.75) is 13.8 Å². The van der Waals surface area contributed by atoms with Gasteiger partial charge in [0.2, 0.25) is 0 Å². The molecule has 3 aromatic rings. The minimum Gasteiger partial charge on any atom is -0.340 e. The second kappa shape index (κ2) is 6.89. The average Bonchev–Trinajstić information content (AvgIpc) is 2.57. The van der Waals surface area contributed by atoms with Crippen molar-refractivity contribution in [3.8, 4) is 0 Å². The highest BCUT2D eigenvalue weighted by Gasteiger charge is 2.09. The lowest BCUT2D eigenvalue weighted by Crippen LogP contribution is -2.13. The van der Waals surface area contributed by atoms with Crippen molar-refractivity contribution in [3.05, 3.63) is 71.0 Å². The molecule has 0 amide bonds. The van der Waals surface area contributed by atoms with E-state index in [-0.39, 0.29) is 0 Å². The normalized spacial score (nSPS) is 10.5. The monoisotopic (exact) mass is 338 g/mol. The summed E-state index contributed by atoms with van der Waals surface area (Å²) in [6.45, 7) is 3.90. The van der Waals surface area contributed by atoms with Gasteiger partial charge in [0.15, 0.2) is 0 Å². The van der Waals surface area contributed by atoms with Gasteiger partial charge in [-0.05, 0) is 49.7 Å². The van der Waals surface area contributed by atoms with Crippen molar-refractivity contribution in [1.82, 2.24) is 9.97 Å². The number of para-hydroxylation sites is 1. The number of aryl methyl sites for hydroxylation is 2. The van der Waals surface area contributed by atoms with Crippen molar-refractivity contribution in [3.63, 3.8) is 0 Å². The Morgan fingerprint density at radius 1 is 0.958 bits per heavy atom. The maximum Gasteiger partial charge on any atom is 0.138 e.